The first-order valence-electron chi connectivity index (χ1n) is 9.52. The standard InChI is InChI=1S/C23H18N4OS2/c1-12-9-16(14(3)26(12)22-17(11-24)13(2)15(4)29-22)10-20-21(28)27-19-8-6-5-7-18(19)25-23(27)30-20/h5-10H,1-4H3/b20-10-. The molecule has 0 amide bonds. The summed E-state index contributed by atoms with van der Waals surface area (Å²) in [4.78, 5) is 19.5. The molecule has 0 atom stereocenters. The molecule has 0 spiro atoms. The van der Waals surface area contributed by atoms with Gasteiger partial charge in [-0.15, -0.1) is 11.3 Å². The third-order valence-corrected chi connectivity index (χ3v) is 7.74. The van der Waals surface area contributed by atoms with Gasteiger partial charge in [-0.25, -0.2) is 9.38 Å². The summed E-state index contributed by atoms with van der Waals surface area (Å²) in [6, 6.07) is 12.1. The van der Waals surface area contributed by atoms with E-state index < -0.39 is 0 Å². The van der Waals surface area contributed by atoms with E-state index >= 15 is 0 Å². The summed E-state index contributed by atoms with van der Waals surface area (Å²) < 4.78 is 4.46. The number of aryl methyl sites for hydroxylation is 2. The Morgan fingerprint density at radius 2 is 1.90 bits per heavy atom. The second kappa shape index (κ2) is 6.66. The zero-order valence-corrected chi connectivity index (χ0v) is 18.6. The molecule has 7 heteroatoms. The fourth-order valence-corrected chi connectivity index (χ4v) is 6.09. The number of nitrogens with zero attached hydrogens (tertiary/aromatic N) is 4. The third kappa shape index (κ3) is 2.58. The molecule has 0 saturated heterocycles. The minimum absolute atomic E-state index is 0.0472. The van der Waals surface area contributed by atoms with Crippen molar-refractivity contribution in [1.82, 2.24) is 14.0 Å². The van der Waals surface area contributed by atoms with E-state index in [0.29, 0.717) is 9.49 Å². The van der Waals surface area contributed by atoms with E-state index in [1.807, 2.05) is 58.0 Å². The zero-order chi connectivity index (χ0) is 21.2. The molecule has 5 aromatic rings. The number of para-hydroxylation sites is 2. The largest absolute Gasteiger partial charge is 0.308 e. The molecule has 30 heavy (non-hydrogen) atoms. The smallest absolute Gasteiger partial charge is 0.274 e. The Morgan fingerprint density at radius 1 is 1.13 bits per heavy atom. The summed E-state index contributed by atoms with van der Waals surface area (Å²) in [5.74, 6) is 0. The van der Waals surface area contributed by atoms with Crippen LogP contribution in [0.1, 0.15) is 33.0 Å². The second-order valence-corrected chi connectivity index (χ2v) is 9.58. The molecular formula is C23H18N4OS2. The van der Waals surface area contributed by atoms with Crippen molar-refractivity contribution in [2.75, 3.05) is 0 Å². The summed E-state index contributed by atoms with van der Waals surface area (Å²) in [7, 11) is 0. The van der Waals surface area contributed by atoms with Crippen LogP contribution in [-0.4, -0.2) is 14.0 Å². The van der Waals surface area contributed by atoms with Gasteiger partial charge in [0.2, 0.25) is 0 Å². The predicted octanol–water partition coefficient (Wildman–Crippen LogP) is 4.41. The Labute approximate surface area is 180 Å². The van der Waals surface area contributed by atoms with Crippen molar-refractivity contribution in [3.63, 3.8) is 0 Å². The van der Waals surface area contributed by atoms with Gasteiger partial charge in [0.1, 0.15) is 11.1 Å². The SMILES string of the molecule is Cc1sc(-n2c(C)cc(/C=c3\sc4nc5ccccc5n4c3=O)c2C)c(C#N)c1C. The number of imidazole rings is 1. The number of thiophene rings is 1. The maximum atomic E-state index is 13.1. The summed E-state index contributed by atoms with van der Waals surface area (Å²) in [5, 5.41) is 10.6. The summed E-state index contributed by atoms with van der Waals surface area (Å²) >= 11 is 3.03. The molecule has 4 heterocycles. The third-order valence-electron chi connectivity index (χ3n) is 5.58. The summed E-state index contributed by atoms with van der Waals surface area (Å²) in [6.45, 7) is 8.09. The van der Waals surface area contributed by atoms with Crippen LogP contribution in [0.15, 0.2) is 35.1 Å². The molecule has 5 rings (SSSR count). The van der Waals surface area contributed by atoms with Crippen molar-refractivity contribution >= 4 is 44.7 Å². The van der Waals surface area contributed by atoms with Crippen molar-refractivity contribution in [2.24, 2.45) is 0 Å². The van der Waals surface area contributed by atoms with Crippen molar-refractivity contribution in [1.29, 1.82) is 5.26 Å². The molecule has 0 saturated carbocycles. The van der Waals surface area contributed by atoms with Crippen molar-refractivity contribution in [3.8, 4) is 11.1 Å². The molecule has 1 aromatic carbocycles. The first kappa shape index (κ1) is 18.8. The number of rotatable bonds is 2. The van der Waals surface area contributed by atoms with Crippen LogP contribution in [0.4, 0.5) is 0 Å². The first-order valence-corrected chi connectivity index (χ1v) is 11.1. The highest BCUT2D eigenvalue weighted by molar-refractivity contribution is 7.15. The molecular weight excluding hydrogens is 412 g/mol. The van der Waals surface area contributed by atoms with Crippen LogP contribution in [-0.2, 0) is 0 Å². The van der Waals surface area contributed by atoms with Gasteiger partial charge in [-0.1, -0.05) is 23.5 Å². The van der Waals surface area contributed by atoms with Gasteiger partial charge in [0, 0.05) is 16.3 Å². The first-order chi connectivity index (χ1) is 14.4. The van der Waals surface area contributed by atoms with Crippen LogP contribution in [0.5, 0.6) is 0 Å². The summed E-state index contributed by atoms with van der Waals surface area (Å²) in [6.07, 6.45) is 1.94. The highest BCUT2D eigenvalue weighted by atomic mass is 32.1. The number of benzene rings is 1. The van der Waals surface area contributed by atoms with Crippen molar-refractivity contribution in [2.45, 2.75) is 27.7 Å². The lowest BCUT2D eigenvalue weighted by molar-refractivity contribution is 0.980. The van der Waals surface area contributed by atoms with Crippen LogP contribution in [0, 0.1) is 39.0 Å². The molecule has 0 bridgehead atoms. The van der Waals surface area contributed by atoms with Crippen LogP contribution in [0.25, 0.3) is 27.1 Å². The average Bonchev–Trinajstić information content (AvgIpc) is 3.39. The van der Waals surface area contributed by atoms with Gasteiger partial charge in [-0.2, -0.15) is 5.26 Å². The molecule has 0 N–H and O–H groups in total. The van der Waals surface area contributed by atoms with E-state index in [1.165, 1.54) is 11.3 Å². The number of aromatic nitrogens is 3. The van der Waals surface area contributed by atoms with E-state index in [9.17, 15) is 10.1 Å². The van der Waals surface area contributed by atoms with Gasteiger partial charge in [0.05, 0.1) is 21.1 Å². The Balaban J connectivity index is 1.72. The number of hydrogen-bond donors (Lipinski definition) is 0. The normalized spacial score (nSPS) is 12.3. The quantitative estimate of drug-likeness (QED) is 0.417. The lowest BCUT2D eigenvalue weighted by Gasteiger charge is -2.07. The minimum Gasteiger partial charge on any atom is -0.308 e. The zero-order valence-electron chi connectivity index (χ0n) is 17.0. The minimum atomic E-state index is -0.0472. The maximum absolute atomic E-state index is 13.1. The van der Waals surface area contributed by atoms with Crippen LogP contribution < -0.4 is 10.1 Å². The molecule has 4 aromatic heterocycles. The fraction of sp³-hybridized carbons (Fsp3) is 0.174. The molecule has 0 aliphatic heterocycles. The van der Waals surface area contributed by atoms with Crippen molar-refractivity contribution in [3.05, 3.63) is 78.2 Å². The van der Waals surface area contributed by atoms with Crippen LogP contribution in [0.2, 0.25) is 0 Å². The predicted molar refractivity (Wildman–Crippen MR) is 123 cm³/mol. The fourth-order valence-electron chi connectivity index (χ4n) is 3.90. The molecule has 0 aliphatic carbocycles. The Hall–Kier alpha value is -3.21. The lowest BCUT2D eigenvalue weighted by Crippen LogP contribution is -2.22. The van der Waals surface area contributed by atoms with Gasteiger partial charge < -0.3 is 4.57 Å². The monoisotopic (exact) mass is 430 g/mol. The Kier molecular flexibility index (Phi) is 4.17. The van der Waals surface area contributed by atoms with Gasteiger partial charge >= 0.3 is 0 Å². The topological polar surface area (TPSA) is 63.1 Å². The van der Waals surface area contributed by atoms with Gasteiger partial charge in [-0.3, -0.25) is 4.79 Å². The number of thiazole rings is 1. The highest BCUT2D eigenvalue weighted by Crippen LogP contribution is 2.33. The second-order valence-electron chi connectivity index (χ2n) is 7.37. The van der Waals surface area contributed by atoms with Crippen LogP contribution >= 0.6 is 22.7 Å². The number of hydrogen-bond acceptors (Lipinski definition) is 5. The van der Waals surface area contributed by atoms with E-state index in [0.717, 1.165) is 49.0 Å². The molecule has 5 nitrogen and oxygen atoms in total. The molecule has 148 valence electrons. The van der Waals surface area contributed by atoms with Gasteiger partial charge in [-0.05, 0) is 63.1 Å². The van der Waals surface area contributed by atoms with E-state index in [1.54, 1.807) is 15.7 Å². The van der Waals surface area contributed by atoms with E-state index in [2.05, 4.69) is 21.7 Å². The summed E-state index contributed by atoms with van der Waals surface area (Å²) in [5.41, 5.74) is 6.40. The molecule has 0 radical (unpaired) electrons. The molecule has 0 aliphatic rings. The average molecular weight is 431 g/mol. The highest BCUT2D eigenvalue weighted by Gasteiger charge is 2.19. The lowest BCUT2D eigenvalue weighted by atomic mass is 10.2. The number of nitriles is 1. The number of fused-ring (bicyclic) bond motifs is 3. The van der Waals surface area contributed by atoms with Gasteiger partial charge in [0.25, 0.3) is 5.56 Å². The Bertz CT molecular complexity index is 1620. The molecule has 0 fully saturated rings. The van der Waals surface area contributed by atoms with E-state index in [-0.39, 0.29) is 5.56 Å². The van der Waals surface area contributed by atoms with Gasteiger partial charge in [0.15, 0.2) is 4.96 Å². The Morgan fingerprint density at radius 3 is 2.67 bits per heavy atom. The molecule has 0 unspecified atom stereocenters. The van der Waals surface area contributed by atoms with E-state index in [4.69, 9.17) is 0 Å². The van der Waals surface area contributed by atoms with Crippen LogP contribution in [0.3, 0.4) is 0 Å². The maximum Gasteiger partial charge on any atom is 0.274 e. The van der Waals surface area contributed by atoms with Crippen molar-refractivity contribution < 1.29 is 0 Å².